The Balaban J connectivity index is 1.98. The van der Waals surface area contributed by atoms with Gasteiger partial charge in [-0.2, -0.15) is 0 Å². The summed E-state index contributed by atoms with van der Waals surface area (Å²) in [6.45, 7) is 3.66. The number of pyridine rings is 1. The van der Waals surface area contributed by atoms with Crippen LogP contribution in [-0.4, -0.2) is 23.4 Å². The van der Waals surface area contributed by atoms with Crippen LogP contribution >= 0.6 is 11.8 Å². The van der Waals surface area contributed by atoms with Crippen LogP contribution in [0.5, 0.6) is 0 Å². The number of rotatable bonds is 3. The average molecular weight is 210 g/mol. The quantitative estimate of drug-likeness (QED) is 0.823. The van der Waals surface area contributed by atoms with E-state index in [9.17, 15) is 0 Å². The lowest BCUT2D eigenvalue weighted by Crippen LogP contribution is -2.30. The summed E-state index contributed by atoms with van der Waals surface area (Å²) in [6.07, 6.45) is 1.89. The van der Waals surface area contributed by atoms with Crippen LogP contribution in [0.1, 0.15) is 18.7 Å². The molecule has 14 heavy (non-hydrogen) atoms. The lowest BCUT2D eigenvalue weighted by molar-refractivity contribution is 0.0455. The van der Waals surface area contributed by atoms with Gasteiger partial charge in [0.15, 0.2) is 0 Å². The molecule has 76 valence electrons. The van der Waals surface area contributed by atoms with Crippen molar-refractivity contribution in [3.63, 3.8) is 0 Å². The maximum atomic E-state index is 5.71. The predicted octanol–water partition coefficient (Wildman–Crippen LogP) is 1.59. The van der Waals surface area contributed by atoms with Crippen LogP contribution in [0, 0.1) is 0 Å². The lowest BCUT2D eigenvalue weighted by Gasteiger charge is -2.25. The van der Waals surface area contributed by atoms with Crippen molar-refractivity contribution >= 4 is 11.8 Å². The normalized spacial score (nSPS) is 19.0. The third-order valence-corrected chi connectivity index (χ3v) is 3.26. The fraction of sp³-hybridized carbons (Fsp3) is 0.500. The maximum Gasteiger partial charge on any atom is 0.0611 e. The van der Waals surface area contributed by atoms with Crippen molar-refractivity contribution < 1.29 is 4.74 Å². The molecule has 2 rings (SSSR count). The standard InChI is InChI=1S/C10H14N2OS/c1-7(11)10-3-2-8(4-12-10)14-9-5-13-6-9/h2-4,7,9H,5-6,11H2,1H3. The highest BCUT2D eigenvalue weighted by molar-refractivity contribution is 8.00. The molecule has 1 aliphatic heterocycles. The van der Waals surface area contributed by atoms with E-state index < -0.39 is 0 Å². The van der Waals surface area contributed by atoms with Gasteiger partial charge >= 0.3 is 0 Å². The second kappa shape index (κ2) is 4.29. The fourth-order valence-electron chi connectivity index (χ4n) is 1.21. The number of aromatic nitrogens is 1. The third-order valence-electron chi connectivity index (χ3n) is 2.14. The molecular formula is C10H14N2OS. The predicted molar refractivity (Wildman–Crippen MR) is 57.3 cm³/mol. The summed E-state index contributed by atoms with van der Waals surface area (Å²) >= 11 is 1.82. The molecule has 0 aliphatic carbocycles. The Morgan fingerprint density at radius 3 is 2.79 bits per heavy atom. The van der Waals surface area contributed by atoms with Gasteiger partial charge in [-0.05, 0) is 19.1 Å². The molecule has 1 aromatic rings. The van der Waals surface area contributed by atoms with Crippen LogP contribution in [0.2, 0.25) is 0 Å². The molecule has 0 radical (unpaired) electrons. The van der Waals surface area contributed by atoms with Crippen LogP contribution in [0.3, 0.4) is 0 Å². The van der Waals surface area contributed by atoms with Gasteiger partial charge in [0, 0.05) is 17.1 Å². The molecule has 1 aliphatic rings. The average Bonchev–Trinajstić information content (AvgIpc) is 2.12. The molecule has 1 aromatic heterocycles. The molecule has 0 spiro atoms. The van der Waals surface area contributed by atoms with E-state index in [1.807, 2.05) is 30.9 Å². The molecule has 0 saturated carbocycles. The van der Waals surface area contributed by atoms with E-state index in [-0.39, 0.29) is 6.04 Å². The minimum Gasteiger partial charge on any atom is -0.379 e. The van der Waals surface area contributed by atoms with Gasteiger partial charge in [0.1, 0.15) is 0 Å². The van der Waals surface area contributed by atoms with Crippen molar-refractivity contribution in [2.75, 3.05) is 13.2 Å². The molecule has 1 fully saturated rings. The van der Waals surface area contributed by atoms with E-state index in [1.165, 1.54) is 4.90 Å². The minimum absolute atomic E-state index is 0.0149. The Kier molecular flexibility index (Phi) is 3.05. The van der Waals surface area contributed by atoms with Gasteiger partial charge in [-0.1, -0.05) is 0 Å². The van der Waals surface area contributed by atoms with Crippen molar-refractivity contribution in [2.45, 2.75) is 23.1 Å². The number of hydrogen-bond donors (Lipinski definition) is 1. The highest BCUT2D eigenvalue weighted by atomic mass is 32.2. The summed E-state index contributed by atoms with van der Waals surface area (Å²) in [5, 5.41) is 0.609. The monoisotopic (exact) mass is 210 g/mol. The number of nitrogens with zero attached hydrogens (tertiary/aromatic N) is 1. The van der Waals surface area contributed by atoms with E-state index in [0.717, 1.165) is 18.9 Å². The van der Waals surface area contributed by atoms with Crippen molar-refractivity contribution in [2.24, 2.45) is 5.73 Å². The highest BCUT2D eigenvalue weighted by Gasteiger charge is 2.19. The Bertz CT molecular complexity index is 295. The lowest BCUT2D eigenvalue weighted by atomic mass is 10.2. The van der Waals surface area contributed by atoms with Gasteiger partial charge in [0.2, 0.25) is 0 Å². The first-order valence-corrected chi connectivity index (χ1v) is 5.59. The third kappa shape index (κ3) is 2.26. The molecule has 1 atom stereocenters. The second-order valence-corrected chi connectivity index (χ2v) is 4.86. The summed E-state index contributed by atoms with van der Waals surface area (Å²) in [4.78, 5) is 5.50. The Hall–Kier alpha value is -0.580. The number of ether oxygens (including phenoxy) is 1. The minimum atomic E-state index is 0.0149. The van der Waals surface area contributed by atoms with Gasteiger partial charge in [-0.25, -0.2) is 0 Å². The van der Waals surface area contributed by atoms with Crippen molar-refractivity contribution in [3.05, 3.63) is 24.0 Å². The SMILES string of the molecule is CC(N)c1ccc(SC2COC2)cn1. The second-order valence-electron chi connectivity index (χ2n) is 3.48. The molecular weight excluding hydrogens is 196 g/mol. The summed E-state index contributed by atoms with van der Waals surface area (Å²) in [5.74, 6) is 0. The van der Waals surface area contributed by atoms with Gasteiger partial charge in [-0.15, -0.1) is 11.8 Å². The van der Waals surface area contributed by atoms with Gasteiger partial charge in [-0.3, -0.25) is 4.98 Å². The van der Waals surface area contributed by atoms with Crippen LogP contribution in [0.25, 0.3) is 0 Å². The van der Waals surface area contributed by atoms with E-state index in [1.54, 1.807) is 0 Å². The van der Waals surface area contributed by atoms with E-state index in [4.69, 9.17) is 10.5 Å². The largest absolute Gasteiger partial charge is 0.379 e. The Morgan fingerprint density at radius 1 is 1.57 bits per heavy atom. The maximum absolute atomic E-state index is 5.71. The van der Waals surface area contributed by atoms with Crippen molar-refractivity contribution in [1.82, 2.24) is 4.98 Å². The number of nitrogens with two attached hydrogens (primary N) is 1. The van der Waals surface area contributed by atoms with E-state index in [2.05, 4.69) is 11.1 Å². The molecule has 2 N–H and O–H groups in total. The molecule has 0 bridgehead atoms. The first-order valence-electron chi connectivity index (χ1n) is 4.71. The van der Waals surface area contributed by atoms with Crippen LogP contribution in [0.15, 0.2) is 23.2 Å². The number of hydrogen-bond acceptors (Lipinski definition) is 4. The first kappa shape index (κ1) is 9.96. The topological polar surface area (TPSA) is 48.1 Å². The van der Waals surface area contributed by atoms with Crippen molar-refractivity contribution in [3.8, 4) is 0 Å². The van der Waals surface area contributed by atoms with Crippen LogP contribution in [0.4, 0.5) is 0 Å². The van der Waals surface area contributed by atoms with Crippen molar-refractivity contribution in [1.29, 1.82) is 0 Å². The molecule has 2 heterocycles. The smallest absolute Gasteiger partial charge is 0.0611 e. The summed E-state index contributed by atoms with van der Waals surface area (Å²) < 4.78 is 5.11. The molecule has 1 saturated heterocycles. The molecule has 4 heteroatoms. The molecule has 1 unspecified atom stereocenters. The van der Waals surface area contributed by atoms with Gasteiger partial charge in [0.05, 0.1) is 24.2 Å². The number of thioether (sulfide) groups is 1. The zero-order valence-electron chi connectivity index (χ0n) is 8.14. The van der Waals surface area contributed by atoms with Crippen LogP contribution < -0.4 is 5.73 Å². The highest BCUT2D eigenvalue weighted by Crippen LogP contribution is 2.27. The Morgan fingerprint density at radius 2 is 2.36 bits per heavy atom. The summed E-state index contributed by atoms with van der Waals surface area (Å²) in [7, 11) is 0. The first-order chi connectivity index (χ1) is 6.75. The Labute approximate surface area is 88.0 Å². The summed E-state index contributed by atoms with van der Waals surface area (Å²) in [6, 6.07) is 4.09. The zero-order chi connectivity index (χ0) is 9.97. The van der Waals surface area contributed by atoms with Crippen LogP contribution in [-0.2, 0) is 4.74 Å². The van der Waals surface area contributed by atoms with E-state index >= 15 is 0 Å². The van der Waals surface area contributed by atoms with Gasteiger partial charge < -0.3 is 10.5 Å². The molecule has 0 aromatic carbocycles. The van der Waals surface area contributed by atoms with E-state index in [0.29, 0.717) is 5.25 Å². The fourth-order valence-corrected chi connectivity index (χ4v) is 2.18. The van der Waals surface area contributed by atoms with Gasteiger partial charge in [0.25, 0.3) is 0 Å². The summed E-state index contributed by atoms with van der Waals surface area (Å²) in [5.41, 5.74) is 6.66. The molecule has 3 nitrogen and oxygen atoms in total. The molecule has 0 amide bonds. The zero-order valence-corrected chi connectivity index (χ0v) is 8.96.